The third-order valence-electron chi connectivity index (χ3n) is 4.13. The van der Waals surface area contributed by atoms with Crippen LogP contribution in [0.5, 0.6) is 0 Å². The predicted molar refractivity (Wildman–Crippen MR) is 71.4 cm³/mol. The number of carboxylic acid groups (broad SMARTS) is 1. The predicted octanol–water partition coefficient (Wildman–Crippen LogP) is 1.83. The monoisotopic (exact) mass is 254 g/mol. The molecular weight excluding hydrogens is 228 g/mol. The summed E-state index contributed by atoms with van der Waals surface area (Å²) in [6.45, 7) is 4.00. The average Bonchev–Trinajstić information content (AvgIpc) is 3.14. The molecule has 104 valence electrons. The highest BCUT2D eigenvalue weighted by atomic mass is 16.4. The number of aliphatic carboxylic acids is 1. The second-order valence-electron chi connectivity index (χ2n) is 6.35. The standard InChI is InChI=1S/C14H26N2O2/c1-14(15,13(17)18)8-2-3-9-16(12-6-7-12)10-11-4-5-11/h11-12H,2-10,15H2,1H3,(H,17,18). The van der Waals surface area contributed by atoms with Crippen LogP contribution >= 0.6 is 0 Å². The van der Waals surface area contributed by atoms with Crippen LogP contribution in [0.25, 0.3) is 0 Å². The molecule has 0 aromatic carbocycles. The normalized spacial score (nSPS) is 23.1. The van der Waals surface area contributed by atoms with E-state index in [0.29, 0.717) is 6.42 Å². The minimum Gasteiger partial charge on any atom is -0.480 e. The third kappa shape index (κ3) is 4.25. The van der Waals surface area contributed by atoms with Crippen molar-refractivity contribution in [3.05, 3.63) is 0 Å². The highest BCUT2D eigenvalue weighted by molar-refractivity contribution is 5.77. The first kappa shape index (κ1) is 13.8. The molecule has 2 aliphatic carbocycles. The molecule has 2 saturated carbocycles. The van der Waals surface area contributed by atoms with Crippen molar-refractivity contribution in [2.24, 2.45) is 11.7 Å². The van der Waals surface area contributed by atoms with Crippen LogP contribution in [0.4, 0.5) is 0 Å². The zero-order valence-corrected chi connectivity index (χ0v) is 11.4. The molecule has 1 atom stereocenters. The summed E-state index contributed by atoms with van der Waals surface area (Å²) in [6.07, 6.45) is 8.08. The zero-order chi connectivity index (χ0) is 13.2. The van der Waals surface area contributed by atoms with E-state index in [1.165, 1.54) is 32.2 Å². The van der Waals surface area contributed by atoms with E-state index in [1.807, 2.05) is 0 Å². The van der Waals surface area contributed by atoms with E-state index in [-0.39, 0.29) is 0 Å². The molecule has 0 saturated heterocycles. The van der Waals surface area contributed by atoms with Crippen molar-refractivity contribution >= 4 is 5.97 Å². The van der Waals surface area contributed by atoms with Gasteiger partial charge in [-0.15, -0.1) is 0 Å². The van der Waals surface area contributed by atoms with E-state index in [4.69, 9.17) is 10.8 Å². The maximum Gasteiger partial charge on any atom is 0.323 e. The number of hydrogen-bond acceptors (Lipinski definition) is 3. The molecule has 3 N–H and O–H groups in total. The summed E-state index contributed by atoms with van der Waals surface area (Å²) >= 11 is 0. The van der Waals surface area contributed by atoms with Crippen LogP contribution in [0.15, 0.2) is 0 Å². The van der Waals surface area contributed by atoms with Crippen molar-refractivity contribution in [1.82, 2.24) is 4.90 Å². The van der Waals surface area contributed by atoms with Crippen molar-refractivity contribution in [2.75, 3.05) is 13.1 Å². The van der Waals surface area contributed by atoms with Gasteiger partial charge < -0.3 is 15.7 Å². The van der Waals surface area contributed by atoms with Gasteiger partial charge >= 0.3 is 5.97 Å². The maximum absolute atomic E-state index is 10.9. The molecule has 0 heterocycles. The highest BCUT2D eigenvalue weighted by Gasteiger charge is 2.33. The number of rotatable bonds is 9. The lowest BCUT2D eigenvalue weighted by molar-refractivity contribution is -0.142. The topological polar surface area (TPSA) is 66.6 Å². The summed E-state index contributed by atoms with van der Waals surface area (Å²) in [5.74, 6) is 0.0592. The van der Waals surface area contributed by atoms with E-state index in [1.54, 1.807) is 6.92 Å². The van der Waals surface area contributed by atoms with Crippen LogP contribution in [0.2, 0.25) is 0 Å². The van der Waals surface area contributed by atoms with Crippen LogP contribution in [-0.2, 0) is 4.79 Å². The molecule has 1 unspecified atom stereocenters. The second kappa shape index (κ2) is 5.57. The molecule has 0 aromatic rings. The van der Waals surface area contributed by atoms with Gasteiger partial charge in [0.15, 0.2) is 0 Å². The summed E-state index contributed by atoms with van der Waals surface area (Å²) in [7, 11) is 0. The molecular formula is C14H26N2O2. The van der Waals surface area contributed by atoms with E-state index in [0.717, 1.165) is 31.3 Å². The lowest BCUT2D eigenvalue weighted by atomic mass is 9.96. The molecule has 18 heavy (non-hydrogen) atoms. The number of hydrogen-bond donors (Lipinski definition) is 2. The molecule has 4 nitrogen and oxygen atoms in total. The van der Waals surface area contributed by atoms with Crippen LogP contribution in [0, 0.1) is 5.92 Å². The van der Waals surface area contributed by atoms with Crippen LogP contribution < -0.4 is 5.73 Å². The Morgan fingerprint density at radius 2 is 2.00 bits per heavy atom. The van der Waals surface area contributed by atoms with Crippen molar-refractivity contribution in [1.29, 1.82) is 0 Å². The number of nitrogens with zero attached hydrogens (tertiary/aromatic N) is 1. The number of carbonyl (C=O) groups is 1. The summed E-state index contributed by atoms with van der Waals surface area (Å²) in [4.78, 5) is 13.5. The van der Waals surface area contributed by atoms with Crippen molar-refractivity contribution in [3.63, 3.8) is 0 Å². The van der Waals surface area contributed by atoms with Gasteiger partial charge in [-0.2, -0.15) is 0 Å². The smallest absolute Gasteiger partial charge is 0.323 e. The van der Waals surface area contributed by atoms with E-state index in [9.17, 15) is 4.79 Å². The largest absolute Gasteiger partial charge is 0.480 e. The Bertz CT molecular complexity index is 296. The Morgan fingerprint density at radius 3 is 2.50 bits per heavy atom. The minimum atomic E-state index is -1.05. The molecule has 0 spiro atoms. The summed E-state index contributed by atoms with van der Waals surface area (Å²) < 4.78 is 0. The molecule has 0 aliphatic heterocycles. The Morgan fingerprint density at radius 1 is 1.33 bits per heavy atom. The van der Waals surface area contributed by atoms with Crippen molar-refractivity contribution < 1.29 is 9.90 Å². The Kier molecular flexibility index (Phi) is 4.28. The Hall–Kier alpha value is -0.610. The van der Waals surface area contributed by atoms with E-state index < -0.39 is 11.5 Å². The molecule has 0 amide bonds. The van der Waals surface area contributed by atoms with E-state index in [2.05, 4.69) is 4.90 Å². The molecule has 2 aliphatic rings. The van der Waals surface area contributed by atoms with Crippen LogP contribution in [-0.4, -0.2) is 40.6 Å². The third-order valence-corrected chi connectivity index (χ3v) is 4.13. The van der Waals surface area contributed by atoms with Gasteiger partial charge in [-0.3, -0.25) is 4.79 Å². The highest BCUT2D eigenvalue weighted by Crippen LogP contribution is 2.34. The lowest BCUT2D eigenvalue weighted by Gasteiger charge is -2.23. The van der Waals surface area contributed by atoms with Gasteiger partial charge in [0.1, 0.15) is 5.54 Å². The number of unbranched alkanes of at least 4 members (excludes halogenated alkanes) is 1. The first-order valence-corrected chi connectivity index (χ1v) is 7.25. The first-order chi connectivity index (χ1) is 8.49. The molecule has 2 rings (SSSR count). The Labute approximate surface area is 110 Å². The van der Waals surface area contributed by atoms with Gasteiger partial charge in [-0.1, -0.05) is 0 Å². The maximum atomic E-state index is 10.9. The summed E-state index contributed by atoms with van der Waals surface area (Å²) in [5.41, 5.74) is 4.67. The molecule has 0 aromatic heterocycles. The minimum absolute atomic E-state index is 0.574. The van der Waals surface area contributed by atoms with Crippen molar-refractivity contribution in [2.45, 2.75) is 63.5 Å². The van der Waals surface area contributed by atoms with Crippen LogP contribution in [0.3, 0.4) is 0 Å². The van der Waals surface area contributed by atoms with Gasteiger partial charge in [0.05, 0.1) is 0 Å². The SMILES string of the molecule is CC(N)(CCCCN(CC1CC1)C1CC1)C(=O)O. The lowest BCUT2D eigenvalue weighted by Crippen LogP contribution is -2.44. The summed E-state index contributed by atoms with van der Waals surface area (Å²) in [5, 5.41) is 8.94. The quantitative estimate of drug-likeness (QED) is 0.616. The molecule has 4 heteroatoms. The fourth-order valence-electron chi connectivity index (χ4n) is 2.41. The second-order valence-corrected chi connectivity index (χ2v) is 6.35. The van der Waals surface area contributed by atoms with Gasteiger partial charge in [-0.05, 0) is 64.3 Å². The summed E-state index contributed by atoms with van der Waals surface area (Å²) in [6, 6.07) is 0.828. The van der Waals surface area contributed by atoms with Gasteiger partial charge in [0.25, 0.3) is 0 Å². The van der Waals surface area contributed by atoms with Gasteiger partial charge in [0, 0.05) is 12.6 Å². The fourth-order valence-corrected chi connectivity index (χ4v) is 2.41. The Balaban J connectivity index is 1.62. The zero-order valence-electron chi connectivity index (χ0n) is 11.4. The molecule has 0 bridgehead atoms. The average molecular weight is 254 g/mol. The first-order valence-electron chi connectivity index (χ1n) is 7.25. The fraction of sp³-hybridized carbons (Fsp3) is 0.929. The van der Waals surface area contributed by atoms with Crippen LogP contribution in [0.1, 0.15) is 51.9 Å². The molecule has 2 fully saturated rings. The van der Waals surface area contributed by atoms with Gasteiger partial charge in [-0.25, -0.2) is 0 Å². The number of nitrogens with two attached hydrogens (primary N) is 1. The van der Waals surface area contributed by atoms with Gasteiger partial charge in [0.2, 0.25) is 0 Å². The molecule has 0 radical (unpaired) electrons. The van der Waals surface area contributed by atoms with E-state index >= 15 is 0 Å². The van der Waals surface area contributed by atoms with Crippen molar-refractivity contribution in [3.8, 4) is 0 Å². The number of carboxylic acids is 1.